The number of hydrogen-bond acceptors (Lipinski definition) is 8. The van der Waals surface area contributed by atoms with Gasteiger partial charge in [-0.05, 0) is 37.1 Å². The number of methoxy groups -OCH3 is 1. The van der Waals surface area contributed by atoms with E-state index in [2.05, 4.69) is 15.3 Å². The molecule has 1 aliphatic rings. The number of benzene rings is 1. The summed E-state index contributed by atoms with van der Waals surface area (Å²) in [5.41, 5.74) is 9.10. The van der Waals surface area contributed by atoms with Gasteiger partial charge in [-0.2, -0.15) is 5.26 Å². The third-order valence-electron chi connectivity index (χ3n) is 6.52. The first-order chi connectivity index (χ1) is 19.0. The lowest BCUT2D eigenvalue weighted by molar-refractivity contribution is -0.127. The number of likely N-dealkylation sites (tertiary alicyclic amines) is 1. The van der Waals surface area contributed by atoms with E-state index >= 15 is 0 Å². The Balaban J connectivity index is 1.45. The predicted octanol–water partition coefficient (Wildman–Crippen LogP) is 3.36. The van der Waals surface area contributed by atoms with Gasteiger partial charge in [0, 0.05) is 49.4 Å². The summed E-state index contributed by atoms with van der Waals surface area (Å²) in [6.07, 6.45) is 9.72. The molecule has 5 rings (SSSR count). The molecular formula is C28H26N8O3. The van der Waals surface area contributed by atoms with Gasteiger partial charge in [-0.3, -0.25) is 14.0 Å². The first-order valence-electron chi connectivity index (χ1n) is 12.4. The van der Waals surface area contributed by atoms with Crippen LogP contribution in [0.5, 0.6) is 0 Å². The minimum Gasteiger partial charge on any atom is -0.382 e. The number of nitrogen functional groups attached to an aromatic ring is 1. The van der Waals surface area contributed by atoms with Gasteiger partial charge in [0.05, 0.1) is 24.3 Å². The minimum absolute atomic E-state index is 0.0972. The van der Waals surface area contributed by atoms with Crippen molar-refractivity contribution in [1.82, 2.24) is 24.3 Å². The number of carbonyl (C=O) groups is 2. The number of nitrogens with two attached hydrogens (primary N) is 1. The van der Waals surface area contributed by atoms with E-state index < -0.39 is 0 Å². The Morgan fingerprint density at radius 2 is 2.05 bits per heavy atom. The maximum Gasteiger partial charge on any atom is 0.256 e. The van der Waals surface area contributed by atoms with Crippen molar-refractivity contribution in [2.45, 2.75) is 18.9 Å². The van der Waals surface area contributed by atoms with Crippen LogP contribution in [0, 0.1) is 11.3 Å². The number of fused-ring (bicyclic) bond motifs is 1. The molecule has 2 amide bonds. The van der Waals surface area contributed by atoms with Crippen LogP contribution in [0.3, 0.4) is 0 Å². The molecule has 1 aliphatic heterocycles. The number of nitrogens with one attached hydrogen (secondary N) is 1. The first-order valence-corrected chi connectivity index (χ1v) is 12.4. The molecule has 3 aromatic heterocycles. The lowest BCUT2D eigenvalue weighted by Gasteiger charge is -2.22. The number of hydrogen-bond donors (Lipinski definition) is 2. The number of aromatic nitrogens is 4. The van der Waals surface area contributed by atoms with Gasteiger partial charge < -0.3 is 20.7 Å². The zero-order chi connectivity index (χ0) is 27.4. The third kappa shape index (κ3) is 5.18. The van der Waals surface area contributed by atoms with E-state index in [1.807, 2.05) is 15.4 Å². The number of pyridine rings is 1. The van der Waals surface area contributed by atoms with Gasteiger partial charge in [-0.1, -0.05) is 18.2 Å². The van der Waals surface area contributed by atoms with Crippen molar-refractivity contribution in [3.8, 4) is 17.3 Å². The summed E-state index contributed by atoms with van der Waals surface area (Å²) in [5, 5.41) is 11.8. The van der Waals surface area contributed by atoms with Gasteiger partial charge in [0.2, 0.25) is 5.91 Å². The molecule has 3 N–H and O–H groups in total. The summed E-state index contributed by atoms with van der Waals surface area (Å²) >= 11 is 0. The zero-order valence-corrected chi connectivity index (χ0v) is 21.2. The van der Waals surface area contributed by atoms with Crippen molar-refractivity contribution in [1.29, 1.82) is 5.26 Å². The van der Waals surface area contributed by atoms with Crippen molar-refractivity contribution in [3.63, 3.8) is 0 Å². The molecule has 4 heterocycles. The molecule has 11 heteroatoms. The lowest BCUT2D eigenvalue weighted by Crippen LogP contribution is -2.30. The number of nitriles is 1. The van der Waals surface area contributed by atoms with Crippen LogP contribution in [0.2, 0.25) is 0 Å². The quantitative estimate of drug-likeness (QED) is 0.351. The predicted molar refractivity (Wildman–Crippen MR) is 144 cm³/mol. The van der Waals surface area contributed by atoms with Gasteiger partial charge in [0.15, 0.2) is 0 Å². The molecule has 0 unspecified atom stereocenters. The summed E-state index contributed by atoms with van der Waals surface area (Å²) < 4.78 is 6.91. The second-order valence-corrected chi connectivity index (χ2v) is 8.97. The van der Waals surface area contributed by atoms with E-state index in [0.717, 1.165) is 18.4 Å². The Morgan fingerprint density at radius 1 is 1.23 bits per heavy atom. The lowest BCUT2D eigenvalue weighted by atomic mass is 10.1. The monoisotopic (exact) mass is 522 g/mol. The van der Waals surface area contributed by atoms with Gasteiger partial charge in [-0.15, -0.1) is 0 Å². The molecule has 11 nitrogen and oxygen atoms in total. The van der Waals surface area contributed by atoms with Gasteiger partial charge in [-0.25, -0.2) is 15.0 Å². The number of carbonyl (C=O) groups excluding carboxylic acids is 2. The van der Waals surface area contributed by atoms with Crippen LogP contribution in [0.4, 0.5) is 11.6 Å². The maximum atomic E-state index is 12.9. The fraction of sp³-hybridized carbons (Fsp3) is 0.214. The van der Waals surface area contributed by atoms with E-state index in [1.165, 1.54) is 18.3 Å². The Kier molecular flexibility index (Phi) is 7.29. The average Bonchev–Trinajstić information content (AvgIpc) is 3.59. The van der Waals surface area contributed by atoms with Crippen molar-refractivity contribution in [2.75, 3.05) is 31.3 Å². The number of imidazole rings is 1. The molecule has 1 aromatic carbocycles. The Bertz CT molecular complexity index is 1600. The highest BCUT2D eigenvalue weighted by Crippen LogP contribution is 2.36. The van der Waals surface area contributed by atoms with Crippen LogP contribution in [-0.2, 0) is 9.53 Å². The molecule has 1 saturated heterocycles. The van der Waals surface area contributed by atoms with E-state index in [4.69, 9.17) is 20.7 Å². The summed E-state index contributed by atoms with van der Waals surface area (Å²) in [4.78, 5) is 40.8. The van der Waals surface area contributed by atoms with Crippen LogP contribution >= 0.6 is 0 Å². The molecule has 1 fully saturated rings. The largest absolute Gasteiger partial charge is 0.382 e. The molecule has 0 saturated carbocycles. The number of amides is 2. The summed E-state index contributed by atoms with van der Waals surface area (Å²) in [7, 11) is 1.58. The van der Waals surface area contributed by atoms with E-state index in [9.17, 15) is 9.59 Å². The molecule has 0 spiro atoms. The fourth-order valence-electron chi connectivity index (χ4n) is 4.70. The van der Waals surface area contributed by atoms with Crippen LogP contribution < -0.4 is 11.1 Å². The smallest absolute Gasteiger partial charge is 0.256 e. The fourth-order valence-corrected chi connectivity index (χ4v) is 4.70. The number of rotatable bonds is 7. The highest BCUT2D eigenvalue weighted by molar-refractivity contribution is 6.04. The van der Waals surface area contributed by atoms with E-state index in [0.29, 0.717) is 52.9 Å². The molecular weight excluding hydrogens is 496 g/mol. The van der Waals surface area contributed by atoms with Crippen LogP contribution in [0.1, 0.15) is 40.6 Å². The highest BCUT2D eigenvalue weighted by Gasteiger charge is 2.33. The average molecular weight is 523 g/mol. The van der Waals surface area contributed by atoms with Crippen molar-refractivity contribution in [2.24, 2.45) is 0 Å². The molecule has 4 aromatic rings. The molecule has 0 aliphatic carbocycles. The number of anilines is 2. The van der Waals surface area contributed by atoms with E-state index in [-0.39, 0.29) is 17.9 Å². The summed E-state index contributed by atoms with van der Waals surface area (Å²) in [6.45, 7) is 0.987. The zero-order valence-electron chi connectivity index (χ0n) is 21.2. The van der Waals surface area contributed by atoms with Crippen LogP contribution in [0.15, 0.2) is 67.1 Å². The topological polar surface area (TPSA) is 152 Å². The van der Waals surface area contributed by atoms with Crippen molar-refractivity contribution < 1.29 is 14.3 Å². The van der Waals surface area contributed by atoms with Crippen LogP contribution in [-0.4, -0.2) is 56.3 Å². The second kappa shape index (κ2) is 11.1. The third-order valence-corrected chi connectivity index (χ3v) is 6.52. The Morgan fingerprint density at radius 3 is 2.82 bits per heavy atom. The molecule has 1 atom stereocenters. The van der Waals surface area contributed by atoms with Crippen LogP contribution in [0.25, 0.3) is 16.8 Å². The second-order valence-electron chi connectivity index (χ2n) is 8.97. The molecule has 0 bridgehead atoms. The Hall–Kier alpha value is -5.08. The van der Waals surface area contributed by atoms with Gasteiger partial charge >= 0.3 is 0 Å². The van der Waals surface area contributed by atoms with Crippen molar-refractivity contribution >= 4 is 29.0 Å². The number of ether oxygens (including phenoxy) is 1. The normalized spacial score (nSPS) is 15.1. The SMILES string of the molecule is COC/C=C/C(=O)N1CCC[C@H]1c1nc(-c2ccc(C(=O)Nc3cc(C#N)ccn3)cc2)c2c(N)nccn12. The van der Waals surface area contributed by atoms with Gasteiger partial charge in [0.25, 0.3) is 5.91 Å². The minimum atomic E-state index is -0.359. The van der Waals surface area contributed by atoms with Crippen molar-refractivity contribution in [3.05, 3.63) is 84.1 Å². The molecule has 39 heavy (non-hydrogen) atoms. The molecule has 196 valence electrons. The Labute approximate surface area is 224 Å². The summed E-state index contributed by atoms with van der Waals surface area (Å²) in [5.74, 6) is 0.847. The van der Waals surface area contributed by atoms with Gasteiger partial charge in [0.1, 0.15) is 28.7 Å². The summed E-state index contributed by atoms with van der Waals surface area (Å²) in [6, 6.07) is 11.8. The molecule has 0 radical (unpaired) electrons. The first kappa shape index (κ1) is 25.6. The highest BCUT2D eigenvalue weighted by atomic mass is 16.5. The van der Waals surface area contributed by atoms with E-state index in [1.54, 1.807) is 55.9 Å². The maximum absolute atomic E-state index is 12.9. The number of nitrogens with zero attached hydrogens (tertiary/aromatic N) is 6. The standard InChI is InChI=1S/C28H26N8O3/c1-39-15-3-5-23(37)35-13-2-4-21(35)27-34-24(25-26(30)32-12-14-36(25)27)19-6-8-20(9-7-19)28(38)33-22-16-18(17-29)10-11-31-22/h3,5-12,14,16,21H,2,4,13,15H2,1H3,(H2,30,32)(H,31,33,38)/b5-3+/t21-/m0/s1.